The van der Waals surface area contributed by atoms with Crippen molar-refractivity contribution in [2.45, 2.75) is 52.7 Å². The maximum atomic E-state index is 12.5. The molecule has 0 aromatic rings. The van der Waals surface area contributed by atoms with Crippen LogP contribution in [0.2, 0.25) is 0 Å². The first-order chi connectivity index (χ1) is 11.6. The third-order valence-corrected chi connectivity index (χ3v) is 3.95. The molecule has 25 heavy (non-hydrogen) atoms. The quantitative estimate of drug-likeness (QED) is 0.736. The number of rotatable bonds is 6. The van der Waals surface area contributed by atoms with E-state index in [4.69, 9.17) is 9.47 Å². The van der Waals surface area contributed by atoms with Crippen LogP contribution in [0.25, 0.3) is 0 Å². The van der Waals surface area contributed by atoms with Crippen molar-refractivity contribution in [1.29, 1.82) is 0 Å². The van der Waals surface area contributed by atoms with Gasteiger partial charge in [0.2, 0.25) is 11.8 Å². The van der Waals surface area contributed by atoms with Gasteiger partial charge in [0.1, 0.15) is 11.6 Å². The Morgan fingerprint density at radius 2 is 1.80 bits per heavy atom. The maximum Gasteiger partial charge on any atom is 0.408 e. The average molecular weight is 357 g/mol. The van der Waals surface area contributed by atoms with E-state index in [1.165, 1.54) is 0 Å². The molecule has 1 fully saturated rings. The summed E-state index contributed by atoms with van der Waals surface area (Å²) in [6.07, 6.45) is 0.0538. The summed E-state index contributed by atoms with van der Waals surface area (Å²) >= 11 is 0. The number of alkyl carbamates (subject to hydrolysis) is 1. The number of carbonyl (C=O) groups excluding carboxylic acids is 3. The van der Waals surface area contributed by atoms with E-state index in [0.717, 1.165) is 0 Å². The van der Waals surface area contributed by atoms with Gasteiger partial charge < -0.3 is 25.0 Å². The molecule has 1 unspecified atom stereocenters. The molecular formula is C17H31N3O5. The lowest BCUT2D eigenvalue weighted by Crippen LogP contribution is -2.53. The van der Waals surface area contributed by atoms with Crippen LogP contribution in [0.15, 0.2) is 0 Å². The normalized spacial score (nSPS) is 17.4. The second-order valence-corrected chi connectivity index (χ2v) is 7.22. The molecule has 0 spiro atoms. The lowest BCUT2D eigenvalue weighted by Gasteiger charge is -2.28. The molecule has 1 aliphatic rings. The Morgan fingerprint density at radius 3 is 2.32 bits per heavy atom. The monoisotopic (exact) mass is 357 g/mol. The van der Waals surface area contributed by atoms with Crippen molar-refractivity contribution in [2.75, 3.05) is 32.8 Å². The first-order valence-electron chi connectivity index (χ1n) is 8.76. The van der Waals surface area contributed by atoms with E-state index >= 15 is 0 Å². The Hall–Kier alpha value is -1.83. The number of hydrogen-bond donors (Lipinski definition) is 2. The lowest BCUT2D eigenvalue weighted by atomic mass is 9.98. The molecule has 0 aromatic carbocycles. The van der Waals surface area contributed by atoms with Crippen LogP contribution in [0.3, 0.4) is 0 Å². The first kappa shape index (κ1) is 21.2. The summed E-state index contributed by atoms with van der Waals surface area (Å²) in [7, 11) is 0. The van der Waals surface area contributed by atoms with Crippen LogP contribution in [0.1, 0.15) is 41.0 Å². The van der Waals surface area contributed by atoms with Gasteiger partial charge in [0.15, 0.2) is 0 Å². The fourth-order valence-electron chi connectivity index (χ4n) is 2.33. The smallest absolute Gasteiger partial charge is 0.408 e. The van der Waals surface area contributed by atoms with Gasteiger partial charge in [-0.1, -0.05) is 20.3 Å². The lowest BCUT2D eigenvalue weighted by molar-refractivity contribution is -0.136. The summed E-state index contributed by atoms with van der Waals surface area (Å²) in [4.78, 5) is 38.2. The van der Waals surface area contributed by atoms with E-state index in [0.29, 0.717) is 32.7 Å². The molecule has 8 heteroatoms. The Labute approximate surface area is 149 Å². The zero-order valence-electron chi connectivity index (χ0n) is 15.9. The largest absolute Gasteiger partial charge is 0.444 e. The van der Waals surface area contributed by atoms with E-state index in [1.807, 2.05) is 13.8 Å². The van der Waals surface area contributed by atoms with Crippen LogP contribution in [-0.4, -0.2) is 67.3 Å². The summed E-state index contributed by atoms with van der Waals surface area (Å²) < 4.78 is 10.4. The molecule has 8 nitrogen and oxygen atoms in total. The van der Waals surface area contributed by atoms with Gasteiger partial charge in [-0.15, -0.1) is 0 Å². The van der Waals surface area contributed by atoms with E-state index in [2.05, 4.69) is 10.6 Å². The Morgan fingerprint density at radius 1 is 1.20 bits per heavy atom. The zero-order chi connectivity index (χ0) is 19.0. The van der Waals surface area contributed by atoms with Crippen LogP contribution in [0.5, 0.6) is 0 Å². The molecule has 3 amide bonds. The van der Waals surface area contributed by atoms with Gasteiger partial charge in [-0.2, -0.15) is 0 Å². The topological polar surface area (TPSA) is 97.0 Å². The van der Waals surface area contributed by atoms with Gasteiger partial charge in [0.05, 0.1) is 19.8 Å². The highest BCUT2D eigenvalue weighted by atomic mass is 16.6. The van der Waals surface area contributed by atoms with Gasteiger partial charge in [0.25, 0.3) is 0 Å². The molecule has 0 aromatic heterocycles. The minimum Gasteiger partial charge on any atom is -0.444 e. The fourth-order valence-corrected chi connectivity index (χ4v) is 2.33. The minimum absolute atomic E-state index is 0.0917. The van der Waals surface area contributed by atoms with E-state index in [-0.39, 0.29) is 24.3 Å². The van der Waals surface area contributed by atoms with E-state index < -0.39 is 17.7 Å². The van der Waals surface area contributed by atoms with Crippen LogP contribution in [-0.2, 0) is 19.1 Å². The molecule has 0 radical (unpaired) electrons. The standard InChI is InChI=1S/C17H31N3O5/c1-6-12(2)14(19-16(23)25-17(3,4)5)15(22)18-11-13(21)20-7-9-24-10-8-20/h12,14H,6-11H2,1-5H3,(H,18,22)(H,19,23)/t12-,14?/m0/s1. The van der Waals surface area contributed by atoms with Gasteiger partial charge >= 0.3 is 6.09 Å². The number of nitrogens with zero attached hydrogens (tertiary/aromatic N) is 1. The van der Waals surface area contributed by atoms with Crippen LogP contribution in [0.4, 0.5) is 4.79 Å². The molecule has 0 aliphatic carbocycles. The third kappa shape index (κ3) is 7.72. The van der Waals surface area contributed by atoms with E-state index in [9.17, 15) is 14.4 Å². The van der Waals surface area contributed by atoms with Gasteiger partial charge in [-0.25, -0.2) is 4.79 Å². The fraction of sp³-hybridized carbons (Fsp3) is 0.824. The summed E-state index contributed by atoms with van der Waals surface area (Å²) in [6, 6.07) is -0.752. The summed E-state index contributed by atoms with van der Waals surface area (Å²) in [5.74, 6) is -0.635. The Balaban J connectivity index is 2.57. The van der Waals surface area contributed by atoms with Gasteiger partial charge in [-0.3, -0.25) is 9.59 Å². The molecule has 1 rings (SSSR count). The predicted molar refractivity (Wildman–Crippen MR) is 93.0 cm³/mol. The molecule has 1 saturated heterocycles. The van der Waals surface area contributed by atoms with Crippen LogP contribution >= 0.6 is 0 Å². The summed E-state index contributed by atoms with van der Waals surface area (Å²) in [5.41, 5.74) is -0.646. The Bertz CT molecular complexity index is 469. The predicted octanol–water partition coefficient (Wildman–Crippen LogP) is 0.901. The van der Waals surface area contributed by atoms with Crippen molar-refractivity contribution in [1.82, 2.24) is 15.5 Å². The Kier molecular flexibility index (Phi) is 8.15. The van der Waals surface area contributed by atoms with Crippen molar-refractivity contribution in [3.8, 4) is 0 Å². The van der Waals surface area contributed by atoms with Crippen LogP contribution < -0.4 is 10.6 Å². The summed E-state index contributed by atoms with van der Waals surface area (Å²) in [5, 5.41) is 5.23. The second-order valence-electron chi connectivity index (χ2n) is 7.22. The number of amides is 3. The number of hydrogen-bond acceptors (Lipinski definition) is 5. The summed E-state index contributed by atoms with van der Waals surface area (Å²) in [6.45, 7) is 11.0. The molecule has 2 N–H and O–H groups in total. The average Bonchev–Trinajstić information content (AvgIpc) is 2.55. The minimum atomic E-state index is -0.752. The highest BCUT2D eigenvalue weighted by Gasteiger charge is 2.29. The molecule has 1 aliphatic heterocycles. The number of nitrogens with one attached hydrogen (secondary N) is 2. The second kappa shape index (κ2) is 9.60. The van der Waals surface area contributed by atoms with Crippen molar-refractivity contribution in [3.05, 3.63) is 0 Å². The van der Waals surface area contributed by atoms with Gasteiger partial charge in [0, 0.05) is 13.1 Å². The number of ether oxygens (including phenoxy) is 2. The zero-order valence-corrected chi connectivity index (χ0v) is 15.9. The SMILES string of the molecule is CC[C@H](C)C(NC(=O)OC(C)(C)C)C(=O)NCC(=O)N1CCOCC1. The number of carbonyl (C=O) groups is 3. The molecule has 0 bridgehead atoms. The highest BCUT2D eigenvalue weighted by Crippen LogP contribution is 2.11. The number of morpholine rings is 1. The molecule has 2 atom stereocenters. The molecule has 144 valence electrons. The van der Waals surface area contributed by atoms with Gasteiger partial charge in [-0.05, 0) is 26.7 Å². The van der Waals surface area contributed by atoms with Crippen molar-refractivity contribution >= 4 is 17.9 Å². The first-order valence-corrected chi connectivity index (χ1v) is 8.76. The molecule has 0 saturated carbocycles. The van der Waals surface area contributed by atoms with Crippen molar-refractivity contribution in [3.63, 3.8) is 0 Å². The van der Waals surface area contributed by atoms with Crippen molar-refractivity contribution in [2.24, 2.45) is 5.92 Å². The third-order valence-electron chi connectivity index (χ3n) is 3.95. The van der Waals surface area contributed by atoms with Crippen LogP contribution in [0, 0.1) is 5.92 Å². The highest BCUT2D eigenvalue weighted by molar-refractivity contribution is 5.89. The molecular weight excluding hydrogens is 326 g/mol. The maximum absolute atomic E-state index is 12.5. The van der Waals surface area contributed by atoms with E-state index in [1.54, 1.807) is 25.7 Å². The van der Waals surface area contributed by atoms with Crippen molar-refractivity contribution < 1.29 is 23.9 Å². The molecule has 1 heterocycles.